The number of rotatable bonds is 3. The number of nitrogens with one attached hydrogen (secondary N) is 4. The molecule has 0 aliphatic carbocycles. The summed E-state index contributed by atoms with van der Waals surface area (Å²) in [5.41, 5.74) is 6.47. The van der Waals surface area contributed by atoms with Gasteiger partial charge in [-0.1, -0.05) is 6.92 Å². The molecule has 4 heterocycles. The molecule has 4 aliphatic heterocycles. The molecule has 0 radical (unpaired) electrons. The average Bonchev–Trinajstić information content (AvgIpc) is 3.25. The molecule has 0 saturated carbocycles. The van der Waals surface area contributed by atoms with Crippen molar-refractivity contribution in [2.75, 3.05) is 13.2 Å². The molecular weight excluding hydrogens is 332 g/mol. The van der Waals surface area contributed by atoms with E-state index in [9.17, 15) is 4.79 Å². The topological polar surface area (TPSA) is 74.4 Å². The number of amides is 1. The Labute approximate surface area is 146 Å². The van der Waals surface area contributed by atoms with Crippen LogP contribution in [0.2, 0.25) is 0 Å². The van der Waals surface area contributed by atoms with Gasteiger partial charge >= 0.3 is 0 Å². The van der Waals surface area contributed by atoms with E-state index in [2.05, 4.69) is 28.4 Å². The Morgan fingerprint density at radius 2 is 2.09 bits per heavy atom. The number of carbonyl (C=O) groups is 1. The maximum Gasteiger partial charge on any atom is 0.235 e. The Bertz CT molecular complexity index is 441. The number of hydrogen-bond donors (Lipinski definition) is 4. The molecule has 23 heavy (non-hydrogen) atoms. The maximum atomic E-state index is 12.5. The minimum absolute atomic E-state index is 0.0650. The number of carbonyl (C=O) groups excluding carboxylic acids is 1. The summed E-state index contributed by atoms with van der Waals surface area (Å²) in [5.74, 6) is 0.695. The Morgan fingerprint density at radius 3 is 2.87 bits per heavy atom. The first kappa shape index (κ1) is 16.5. The van der Waals surface area contributed by atoms with Gasteiger partial charge in [0, 0.05) is 22.4 Å². The quantitative estimate of drug-likeness (QED) is 0.589. The van der Waals surface area contributed by atoms with E-state index in [0.717, 1.165) is 31.3 Å². The standard InChI is InChI=1S/C15H26N4O2S2/c1-8-2-3-11(22-8)13-16-15(19-18-13)17-14(20)12-6-9-7-21-5-4-10(9)23-12/h8-13,15-16,18-19H,2-7H2,1H3,(H,17,20). The SMILES string of the molecule is CC1CCC(C2NNC(NC(=O)C3CC4COCCC4S3)N2)S1. The Morgan fingerprint density at radius 1 is 1.17 bits per heavy atom. The lowest BCUT2D eigenvalue weighted by molar-refractivity contribution is -0.121. The van der Waals surface area contributed by atoms with Crippen molar-refractivity contribution in [3.63, 3.8) is 0 Å². The van der Waals surface area contributed by atoms with Crippen LogP contribution in [0.4, 0.5) is 0 Å². The van der Waals surface area contributed by atoms with E-state index in [1.165, 1.54) is 12.8 Å². The highest BCUT2D eigenvalue weighted by molar-refractivity contribution is 8.01. The molecule has 0 bridgehead atoms. The van der Waals surface area contributed by atoms with E-state index in [1.54, 1.807) is 0 Å². The zero-order valence-electron chi connectivity index (χ0n) is 13.4. The van der Waals surface area contributed by atoms with E-state index in [0.29, 0.717) is 16.4 Å². The van der Waals surface area contributed by atoms with E-state index >= 15 is 0 Å². The van der Waals surface area contributed by atoms with Gasteiger partial charge in [-0.15, -0.1) is 11.8 Å². The number of fused-ring (bicyclic) bond motifs is 1. The van der Waals surface area contributed by atoms with Crippen LogP contribution in [0.3, 0.4) is 0 Å². The van der Waals surface area contributed by atoms with Crippen molar-refractivity contribution in [1.82, 2.24) is 21.5 Å². The molecule has 8 heteroatoms. The Hall–Kier alpha value is 0.01000. The first-order valence-electron chi connectivity index (χ1n) is 8.65. The van der Waals surface area contributed by atoms with Crippen molar-refractivity contribution in [2.45, 2.75) is 66.1 Å². The van der Waals surface area contributed by atoms with Crippen molar-refractivity contribution < 1.29 is 9.53 Å². The minimum atomic E-state index is -0.177. The van der Waals surface area contributed by atoms with Gasteiger partial charge in [0.2, 0.25) is 5.91 Å². The van der Waals surface area contributed by atoms with Crippen molar-refractivity contribution in [3.8, 4) is 0 Å². The highest BCUT2D eigenvalue weighted by atomic mass is 32.2. The van der Waals surface area contributed by atoms with Gasteiger partial charge < -0.3 is 10.1 Å². The molecule has 130 valence electrons. The molecule has 4 rings (SSSR count). The van der Waals surface area contributed by atoms with Gasteiger partial charge in [0.05, 0.1) is 18.0 Å². The van der Waals surface area contributed by atoms with Crippen LogP contribution in [-0.4, -0.2) is 52.6 Å². The number of hydrazine groups is 1. The van der Waals surface area contributed by atoms with Gasteiger partial charge in [0.25, 0.3) is 0 Å². The summed E-state index contributed by atoms with van der Waals surface area (Å²) in [5, 5.41) is 8.53. The van der Waals surface area contributed by atoms with E-state index in [1.807, 2.05) is 23.5 Å². The fourth-order valence-corrected chi connectivity index (χ4v) is 6.98. The van der Waals surface area contributed by atoms with Gasteiger partial charge in [0.1, 0.15) is 6.29 Å². The molecule has 6 nitrogen and oxygen atoms in total. The third-order valence-electron chi connectivity index (χ3n) is 5.21. The molecule has 4 N–H and O–H groups in total. The zero-order chi connectivity index (χ0) is 15.8. The second-order valence-electron chi connectivity index (χ2n) is 6.96. The summed E-state index contributed by atoms with van der Waals surface area (Å²) in [6, 6.07) is 0. The van der Waals surface area contributed by atoms with Crippen LogP contribution in [0.15, 0.2) is 0 Å². The van der Waals surface area contributed by atoms with E-state index in [-0.39, 0.29) is 23.6 Å². The van der Waals surface area contributed by atoms with Crippen LogP contribution >= 0.6 is 23.5 Å². The zero-order valence-corrected chi connectivity index (χ0v) is 15.1. The molecule has 0 aromatic rings. The Balaban J connectivity index is 1.25. The molecule has 4 saturated heterocycles. The van der Waals surface area contributed by atoms with E-state index in [4.69, 9.17) is 4.74 Å². The summed E-state index contributed by atoms with van der Waals surface area (Å²) in [6.45, 7) is 3.95. The monoisotopic (exact) mass is 358 g/mol. The predicted octanol–water partition coefficient (Wildman–Crippen LogP) is 0.604. The van der Waals surface area contributed by atoms with Crippen LogP contribution in [0.5, 0.6) is 0 Å². The van der Waals surface area contributed by atoms with Gasteiger partial charge in [0.15, 0.2) is 0 Å². The number of ether oxygens (including phenoxy) is 1. The van der Waals surface area contributed by atoms with Crippen LogP contribution in [-0.2, 0) is 9.53 Å². The van der Waals surface area contributed by atoms with Crippen molar-refractivity contribution in [1.29, 1.82) is 0 Å². The van der Waals surface area contributed by atoms with Gasteiger partial charge in [-0.2, -0.15) is 11.8 Å². The molecule has 1 amide bonds. The Kier molecular flexibility index (Phi) is 5.08. The third kappa shape index (κ3) is 3.67. The second kappa shape index (κ2) is 7.09. The lowest BCUT2D eigenvalue weighted by atomic mass is 9.97. The maximum absolute atomic E-state index is 12.5. The van der Waals surface area contributed by atoms with Gasteiger partial charge in [-0.05, 0) is 31.6 Å². The van der Waals surface area contributed by atoms with Gasteiger partial charge in [-0.3, -0.25) is 10.1 Å². The van der Waals surface area contributed by atoms with Crippen molar-refractivity contribution >= 4 is 29.4 Å². The van der Waals surface area contributed by atoms with Crippen LogP contribution < -0.4 is 21.5 Å². The fourth-order valence-electron chi connectivity index (χ4n) is 3.91. The van der Waals surface area contributed by atoms with Crippen molar-refractivity contribution in [3.05, 3.63) is 0 Å². The first-order valence-corrected chi connectivity index (χ1v) is 10.5. The first-order chi connectivity index (χ1) is 11.2. The highest BCUT2D eigenvalue weighted by Gasteiger charge is 2.41. The molecular formula is C15H26N4O2S2. The molecule has 4 fully saturated rings. The fraction of sp³-hybridized carbons (Fsp3) is 0.933. The van der Waals surface area contributed by atoms with Crippen LogP contribution in [0.1, 0.15) is 32.6 Å². The van der Waals surface area contributed by atoms with Crippen molar-refractivity contribution in [2.24, 2.45) is 5.92 Å². The second-order valence-corrected chi connectivity index (χ2v) is 10.1. The molecule has 0 spiro atoms. The molecule has 0 aromatic carbocycles. The lowest BCUT2D eigenvalue weighted by Crippen LogP contribution is -2.52. The normalized spacial score (nSPS) is 46.7. The predicted molar refractivity (Wildman–Crippen MR) is 93.9 cm³/mol. The number of hydrogen-bond acceptors (Lipinski definition) is 7. The van der Waals surface area contributed by atoms with E-state index < -0.39 is 0 Å². The lowest BCUT2D eigenvalue weighted by Gasteiger charge is -2.23. The summed E-state index contributed by atoms with van der Waals surface area (Å²) >= 11 is 3.87. The summed E-state index contributed by atoms with van der Waals surface area (Å²) in [7, 11) is 0. The number of thioether (sulfide) groups is 2. The van der Waals surface area contributed by atoms with Gasteiger partial charge in [-0.25, -0.2) is 10.9 Å². The minimum Gasteiger partial charge on any atom is -0.381 e. The van der Waals surface area contributed by atoms with Crippen LogP contribution in [0.25, 0.3) is 0 Å². The molecule has 7 unspecified atom stereocenters. The van der Waals surface area contributed by atoms with Crippen LogP contribution in [0, 0.1) is 5.92 Å². The summed E-state index contributed by atoms with van der Waals surface area (Å²) in [4.78, 5) is 12.5. The highest BCUT2D eigenvalue weighted by Crippen LogP contribution is 2.42. The largest absolute Gasteiger partial charge is 0.381 e. The summed E-state index contributed by atoms with van der Waals surface area (Å²) in [6.07, 6.45) is 4.57. The summed E-state index contributed by atoms with van der Waals surface area (Å²) < 4.78 is 5.54. The molecule has 7 atom stereocenters. The molecule has 4 aliphatic rings. The molecule has 0 aromatic heterocycles. The average molecular weight is 359 g/mol. The smallest absolute Gasteiger partial charge is 0.235 e. The third-order valence-corrected chi connectivity index (χ3v) is 8.47.